The van der Waals surface area contributed by atoms with Gasteiger partial charge in [-0.05, 0) is 20.3 Å². The van der Waals surface area contributed by atoms with E-state index in [4.69, 9.17) is 0 Å². The molecule has 0 aliphatic carbocycles. The largest absolute Gasteiger partial charge is 0.355 e. The SMILES string of the molecule is CC(=O)N1CCCN(c2cc(C)nc3cc(C)nn23)CC1. The molecule has 6 heteroatoms. The van der Waals surface area contributed by atoms with Crippen LogP contribution in [0.25, 0.3) is 5.65 Å². The van der Waals surface area contributed by atoms with Crippen molar-refractivity contribution in [3.63, 3.8) is 0 Å². The molecule has 2 aromatic heterocycles. The molecule has 21 heavy (non-hydrogen) atoms. The van der Waals surface area contributed by atoms with E-state index in [9.17, 15) is 4.79 Å². The van der Waals surface area contributed by atoms with E-state index in [1.165, 1.54) is 0 Å². The van der Waals surface area contributed by atoms with Gasteiger partial charge in [-0.3, -0.25) is 4.79 Å². The molecule has 3 rings (SSSR count). The summed E-state index contributed by atoms with van der Waals surface area (Å²) in [5, 5.41) is 4.55. The molecule has 0 saturated carbocycles. The molecule has 0 spiro atoms. The molecular formula is C15H21N5O. The Morgan fingerprint density at radius 1 is 1.10 bits per heavy atom. The molecule has 1 saturated heterocycles. The van der Waals surface area contributed by atoms with Crippen molar-refractivity contribution in [2.45, 2.75) is 27.2 Å². The van der Waals surface area contributed by atoms with Crippen LogP contribution in [-0.4, -0.2) is 51.6 Å². The molecular weight excluding hydrogens is 266 g/mol. The first-order valence-electron chi connectivity index (χ1n) is 7.39. The van der Waals surface area contributed by atoms with Crippen LogP contribution in [0.1, 0.15) is 24.7 Å². The highest BCUT2D eigenvalue weighted by atomic mass is 16.2. The Morgan fingerprint density at radius 2 is 1.90 bits per heavy atom. The number of aromatic nitrogens is 3. The predicted octanol–water partition coefficient (Wildman–Crippen LogP) is 1.40. The van der Waals surface area contributed by atoms with Gasteiger partial charge >= 0.3 is 0 Å². The Labute approximate surface area is 124 Å². The van der Waals surface area contributed by atoms with E-state index in [2.05, 4.69) is 21.0 Å². The minimum Gasteiger partial charge on any atom is -0.355 e. The number of rotatable bonds is 1. The summed E-state index contributed by atoms with van der Waals surface area (Å²) in [6, 6.07) is 4.07. The highest BCUT2D eigenvalue weighted by molar-refractivity contribution is 5.73. The zero-order valence-corrected chi connectivity index (χ0v) is 12.8. The monoisotopic (exact) mass is 287 g/mol. The number of fused-ring (bicyclic) bond motifs is 1. The summed E-state index contributed by atoms with van der Waals surface area (Å²) >= 11 is 0. The second-order valence-electron chi connectivity index (χ2n) is 5.66. The number of hydrogen-bond acceptors (Lipinski definition) is 4. The van der Waals surface area contributed by atoms with Crippen LogP contribution in [-0.2, 0) is 4.79 Å². The number of hydrogen-bond donors (Lipinski definition) is 0. The van der Waals surface area contributed by atoms with Crippen LogP contribution in [0.2, 0.25) is 0 Å². The lowest BCUT2D eigenvalue weighted by molar-refractivity contribution is -0.128. The van der Waals surface area contributed by atoms with E-state index in [0.29, 0.717) is 0 Å². The lowest BCUT2D eigenvalue weighted by Gasteiger charge is -2.23. The van der Waals surface area contributed by atoms with E-state index in [1.807, 2.05) is 29.3 Å². The number of anilines is 1. The quantitative estimate of drug-likeness (QED) is 0.795. The van der Waals surface area contributed by atoms with Gasteiger partial charge in [-0.15, -0.1) is 0 Å². The number of nitrogens with zero attached hydrogens (tertiary/aromatic N) is 5. The average molecular weight is 287 g/mol. The Bertz CT molecular complexity index is 678. The summed E-state index contributed by atoms with van der Waals surface area (Å²) in [4.78, 5) is 20.3. The highest BCUT2D eigenvalue weighted by Gasteiger charge is 2.19. The highest BCUT2D eigenvalue weighted by Crippen LogP contribution is 2.19. The average Bonchev–Trinajstić information content (AvgIpc) is 2.65. The Hall–Kier alpha value is -2.11. The molecule has 1 fully saturated rings. The van der Waals surface area contributed by atoms with Gasteiger partial charge in [0, 0.05) is 50.9 Å². The molecule has 1 aliphatic heterocycles. The molecule has 0 N–H and O–H groups in total. The van der Waals surface area contributed by atoms with Crippen LogP contribution in [0.3, 0.4) is 0 Å². The van der Waals surface area contributed by atoms with Gasteiger partial charge in [0.05, 0.1) is 5.69 Å². The maximum Gasteiger partial charge on any atom is 0.219 e. The fraction of sp³-hybridized carbons (Fsp3) is 0.533. The van der Waals surface area contributed by atoms with Crippen molar-refractivity contribution in [2.24, 2.45) is 0 Å². The molecule has 2 aromatic rings. The topological polar surface area (TPSA) is 53.7 Å². The Kier molecular flexibility index (Phi) is 3.53. The van der Waals surface area contributed by atoms with Crippen molar-refractivity contribution in [3.8, 4) is 0 Å². The van der Waals surface area contributed by atoms with Gasteiger partial charge in [0.25, 0.3) is 0 Å². The van der Waals surface area contributed by atoms with E-state index in [1.54, 1.807) is 6.92 Å². The Morgan fingerprint density at radius 3 is 2.67 bits per heavy atom. The fourth-order valence-electron chi connectivity index (χ4n) is 2.88. The number of carbonyl (C=O) groups is 1. The molecule has 0 radical (unpaired) electrons. The third-order valence-corrected chi connectivity index (χ3v) is 3.92. The van der Waals surface area contributed by atoms with Crippen LogP contribution < -0.4 is 4.90 Å². The first kappa shape index (κ1) is 13.9. The lowest BCUT2D eigenvalue weighted by atomic mass is 10.3. The van der Waals surface area contributed by atoms with E-state index < -0.39 is 0 Å². The second-order valence-corrected chi connectivity index (χ2v) is 5.66. The van der Waals surface area contributed by atoms with Gasteiger partial charge in [-0.2, -0.15) is 9.61 Å². The van der Waals surface area contributed by atoms with Crippen LogP contribution >= 0.6 is 0 Å². The number of amides is 1. The van der Waals surface area contributed by atoms with Crippen LogP contribution in [0.15, 0.2) is 12.1 Å². The molecule has 0 unspecified atom stereocenters. The summed E-state index contributed by atoms with van der Waals surface area (Å²) in [5.41, 5.74) is 2.84. The van der Waals surface area contributed by atoms with Gasteiger partial charge in [0.1, 0.15) is 5.82 Å². The van der Waals surface area contributed by atoms with Gasteiger partial charge in [-0.25, -0.2) is 4.98 Å². The van der Waals surface area contributed by atoms with E-state index in [0.717, 1.165) is 55.5 Å². The van der Waals surface area contributed by atoms with Crippen molar-refractivity contribution in [2.75, 3.05) is 31.1 Å². The normalized spacial score (nSPS) is 16.3. The summed E-state index contributed by atoms with van der Waals surface area (Å²) in [7, 11) is 0. The lowest BCUT2D eigenvalue weighted by Crippen LogP contribution is -2.34. The zero-order chi connectivity index (χ0) is 15.0. The summed E-state index contributed by atoms with van der Waals surface area (Å²) < 4.78 is 1.91. The molecule has 1 amide bonds. The zero-order valence-electron chi connectivity index (χ0n) is 12.8. The predicted molar refractivity (Wildman–Crippen MR) is 81.5 cm³/mol. The van der Waals surface area contributed by atoms with Crippen molar-refractivity contribution >= 4 is 17.4 Å². The maximum atomic E-state index is 11.5. The standard InChI is InChI=1S/C15H21N5O/c1-11-10-15(20-14(16-11)9-12(2)17-20)19-6-4-5-18(7-8-19)13(3)21/h9-10H,4-8H2,1-3H3. The number of carbonyl (C=O) groups excluding carboxylic acids is 1. The van der Waals surface area contributed by atoms with Gasteiger partial charge in [-0.1, -0.05) is 0 Å². The molecule has 1 aliphatic rings. The third kappa shape index (κ3) is 2.70. The van der Waals surface area contributed by atoms with Crippen LogP contribution in [0.4, 0.5) is 5.82 Å². The third-order valence-electron chi connectivity index (χ3n) is 3.92. The summed E-state index contributed by atoms with van der Waals surface area (Å²) in [6.07, 6.45) is 0.975. The van der Waals surface area contributed by atoms with Gasteiger partial charge in [0.15, 0.2) is 5.65 Å². The van der Waals surface area contributed by atoms with Crippen molar-refractivity contribution < 1.29 is 4.79 Å². The van der Waals surface area contributed by atoms with Crippen LogP contribution in [0.5, 0.6) is 0 Å². The fourth-order valence-corrected chi connectivity index (χ4v) is 2.88. The molecule has 112 valence electrons. The minimum absolute atomic E-state index is 0.155. The van der Waals surface area contributed by atoms with Crippen molar-refractivity contribution in [1.82, 2.24) is 19.5 Å². The van der Waals surface area contributed by atoms with E-state index in [-0.39, 0.29) is 5.91 Å². The summed E-state index contributed by atoms with van der Waals surface area (Å²) in [5.74, 6) is 1.22. The van der Waals surface area contributed by atoms with Crippen molar-refractivity contribution in [1.29, 1.82) is 0 Å². The first-order valence-corrected chi connectivity index (χ1v) is 7.39. The molecule has 6 nitrogen and oxygen atoms in total. The van der Waals surface area contributed by atoms with Gasteiger partial charge < -0.3 is 9.80 Å². The first-order chi connectivity index (χ1) is 10.0. The van der Waals surface area contributed by atoms with Crippen LogP contribution in [0, 0.1) is 13.8 Å². The summed E-state index contributed by atoms with van der Waals surface area (Å²) in [6.45, 7) is 8.98. The van der Waals surface area contributed by atoms with Crippen molar-refractivity contribution in [3.05, 3.63) is 23.5 Å². The number of aryl methyl sites for hydroxylation is 2. The molecule has 0 atom stereocenters. The molecule has 0 bridgehead atoms. The second kappa shape index (κ2) is 5.35. The molecule has 3 heterocycles. The maximum absolute atomic E-state index is 11.5. The molecule has 0 aromatic carbocycles. The smallest absolute Gasteiger partial charge is 0.219 e. The van der Waals surface area contributed by atoms with E-state index >= 15 is 0 Å². The minimum atomic E-state index is 0.155. The Balaban J connectivity index is 1.94. The van der Waals surface area contributed by atoms with Gasteiger partial charge in [0.2, 0.25) is 5.91 Å².